The Balaban J connectivity index is 2.13. The number of nitrogens with zero attached hydrogens (tertiary/aromatic N) is 2. The van der Waals surface area contributed by atoms with E-state index in [2.05, 4.69) is 47.1 Å². The number of aromatic nitrogens is 1. The third-order valence-corrected chi connectivity index (χ3v) is 3.88. The summed E-state index contributed by atoms with van der Waals surface area (Å²) < 4.78 is 0. The van der Waals surface area contributed by atoms with Gasteiger partial charge < -0.3 is 10.6 Å². The zero-order valence-electron chi connectivity index (χ0n) is 11.2. The van der Waals surface area contributed by atoms with Crippen LogP contribution >= 0.6 is 0 Å². The fraction of sp³-hybridized carbons (Fsp3) is 0.312. The predicted molar refractivity (Wildman–Crippen MR) is 78.5 cm³/mol. The summed E-state index contributed by atoms with van der Waals surface area (Å²) in [6, 6.07) is 11.2. The van der Waals surface area contributed by atoms with Crippen molar-refractivity contribution in [2.45, 2.75) is 32.4 Å². The van der Waals surface area contributed by atoms with E-state index in [4.69, 9.17) is 5.73 Å². The molecule has 2 N–H and O–H groups in total. The Morgan fingerprint density at radius 2 is 2.11 bits per heavy atom. The van der Waals surface area contributed by atoms with Gasteiger partial charge in [-0.1, -0.05) is 18.2 Å². The lowest BCUT2D eigenvalue weighted by Gasteiger charge is -2.38. The van der Waals surface area contributed by atoms with E-state index >= 15 is 0 Å². The van der Waals surface area contributed by atoms with Gasteiger partial charge in [0.25, 0.3) is 0 Å². The van der Waals surface area contributed by atoms with Gasteiger partial charge >= 0.3 is 0 Å². The molecule has 3 nitrogen and oxygen atoms in total. The van der Waals surface area contributed by atoms with Crippen LogP contribution < -0.4 is 10.6 Å². The molecule has 0 fully saturated rings. The topological polar surface area (TPSA) is 42.2 Å². The zero-order valence-corrected chi connectivity index (χ0v) is 11.2. The SMILES string of the molecule is CC1CCc2ccccc2N1c1ccncc1CN. The molecule has 0 amide bonds. The number of benzene rings is 1. The number of aryl methyl sites for hydroxylation is 1. The molecule has 0 spiro atoms. The van der Waals surface area contributed by atoms with Gasteiger partial charge in [-0.05, 0) is 37.5 Å². The fourth-order valence-corrected chi connectivity index (χ4v) is 2.87. The molecule has 0 saturated heterocycles. The van der Waals surface area contributed by atoms with Crippen LogP contribution in [-0.4, -0.2) is 11.0 Å². The lowest BCUT2D eigenvalue weighted by Crippen LogP contribution is -2.34. The maximum Gasteiger partial charge on any atom is 0.0489 e. The predicted octanol–water partition coefficient (Wildman–Crippen LogP) is 3.01. The molecule has 2 heterocycles. The van der Waals surface area contributed by atoms with E-state index in [0.717, 1.165) is 12.0 Å². The van der Waals surface area contributed by atoms with Crippen LogP contribution in [0, 0.1) is 0 Å². The molecule has 0 aliphatic carbocycles. The number of nitrogens with two attached hydrogens (primary N) is 1. The average Bonchev–Trinajstić information content (AvgIpc) is 2.47. The summed E-state index contributed by atoms with van der Waals surface area (Å²) >= 11 is 0. The minimum Gasteiger partial charge on any atom is -0.338 e. The summed E-state index contributed by atoms with van der Waals surface area (Å²) in [6.45, 7) is 2.80. The van der Waals surface area contributed by atoms with Crippen molar-refractivity contribution >= 4 is 11.4 Å². The van der Waals surface area contributed by atoms with E-state index in [1.54, 1.807) is 0 Å². The van der Waals surface area contributed by atoms with Crippen molar-refractivity contribution < 1.29 is 0 Å². The van der Waals surface area contributed by atoms with Gasteiger partial charge in [0.15, 0.2) is 0 Å². The van der Waals surface area contributed by atoms with Gasteiger partial charge in [-0.3, -0.25) is 4.98 Å². The number of para-hydroxylation sites is 1. The van der Waals surface area contributed by atoms with Crippen LogP contribution in [0.3, 0.4) is 0 Å². The quantitative estimate of drug-likeness (QED) is 0.894. The molecule has 1 atom stereocenters. The number of hydrogen-bond acceptors (Lipinski definition) is 3. The van der Waals surface area contributed by atoms with Gasteiger partial charge in [-0.15, -0.1) is 0 Å². The number of rotatable bonds is 2. The van der Waals surface area contributed by atoms with Crippen molar-refractivity contribution in [1.82, 2.24) is 4.98 Å². The molecule has 0 radical (unpaired) electrons. The largest absolute Gasteiger partial charge is 0.338 e. The third kappa shape index (κ3) is 2.10. The molecule has 19 heavy (non-hydrogen) atoms. The number of hydrogen-bond donors (Lipinski definition) is 1. The standard InChI is InChI=1S/C16H19N3/c1-12-6-7-13-4-2-3-5-15(13)19(12)16-8-9-18-11-14(16)10-17/h2-5,8-9,11-12H,6-7,10,17H2,1H3. The highest BCUT2D eigenvalue weighted by atomic mass is 15.2. The highest BCUT2D eigenvalue weighted by Gasteiger charge is 2.25. The van der Waals surface area contributed by atoms with Crippen molar-refractivity contribution in [3.05, 3.63) is 53.9 Å². The van der Waals surface area contributed by atoms with Gasteiger partial charge in [0.2, 0.25) is 0 Å². The maximum absolute atomic E-state index is 5.86. The Morgan fingerprint density at radius 1 is 1.26 bits per heavy atom. The number of pyridine rings is 1. The van der Waals surface area contributed by atoms with E-state index in [0.29, 0.717) is 12.6 Å². The molecule has 1 aromatic carbocycles. The zero-order chi connectivity index (χ0) is 13.2. The summed E-state index contributed by atoms with van der Waals surface area (Å²) in [5, 5.41) is 0. The second kappa shape index (κ2) is 5.02. The van der Waals surface area contributed by atoms with E-state index in [9.17, 15) is 0 Å². The number of fused-ring (bicyclic) bond motifs is 1. The second-order valence-electron chi connectivity index (χ2n) is 5.09. The first-order valence-corrected chi connectivity index (χ1v) is 6.81. The van der Waals surface area contributed by atoms with E-state index < -0.39 is 0 Å². The summed E-state index contributed by atoms with van der Waals surface area (Å²) in [6.07, 6.45) is 6.04. The molecular weight excluding hydrogens is 234 g/mol. The average molecular weight is 253 g/mol. The van der Waals surface area contributed by atoms with Crippen LogP contribution in [-0.2, 0) is 13.0 Å². The van der Waals surface area contributed by atoms with Gasteiger partial charge in [-0.25, -0.2) is 0 Å². The minimum atomic E-state index is 0.489. The van der Waals surface area contributed by atoms with E-state index in [1.807, 2.05) is 12.4 Å². The smallest absolute Gasteiger partial charge is 0.0489 e. The van der Waals surface area contributed by atoms with Crippen molar-refractivity contribution in [1.29, 1.82) is 0 Å². The highest BCUT2D eigenvalue weighted by Crippen LogP contribution is 2.37. The van der Waals surface area contributed by atoms with Gasteiger partial charge in [0, 0.05) is 41.9 Å². The Hall–Kier alpha value is -1.87. The molecule has 1 aliphatic rings. The Morgan fingerprint density at radius 3 is 2.95 bits per heavy atom. The summed E-state index contributed by atoms with van der Waals surface area (Å²) in [5.74, 6) is 0. The van der Waals surface area contributed by atoms with Crippen LogP contribution in [0.2, 0.25) is 0 Å². The molecule has 3 heteroatoms. The van der Waals surface area contributed by atoms with Gasteiger partial charge in [0.1, 0.15) is 0 Å². The first-order valence-electron chi connectivity index (χ1n) is 6.81. The van der Waals surface area contributed by atoms with Crippen molar-refractivity contribution in [2.75, 3.05) is 4.90 Å². The number of anilines is 2. The third-order valence-electron chi connectivity index (χ3n) is 3.88. The van der Waals surface area contributed by atoms with E-state index in [1.165, 1.54) is 23.4 Å². The highest BCUT2D eigenvalue weighted by molar-refractivity contribution is 5.70. The lowest BCUT2D eigenvalue weighted by molar-refractivity contribution is 0.616. The monoisotopic (exact) mass is 253 g/mol. The Labute approximate surface area is 114 Å². The Kier molecular flexibility index (Phi) is 3.22. The minimum absolute atomic E-state index is 0.489. The van der Waals surface area contributed by atoms with Gasteiger partial charge in [0.05, 0.1) is 0 Å². The first-order chi connectivity index (χ1) is 9.31. The van der Waals surface area contributed by atoms with Crippen molar-refractivity contribution in [3.8, 4) is 0 Å². The summed E-state index contributed by atoms with van der Waals surface area (Å²) in [4.78, 5) is 6.59. The maximum atomic E-state index is 5.86. The normalized spacial score (nSPS) is 18.2. The second-order valence-corrected chi connectivity index (χ2v) is 5.09. The van der Waals surface area contributed by atoms with Crippen molar-refractivity contribution in [2.24, 2.45) is 5.73 Å². The van der Waals surface area contributed by atoms with E-state index in [-0.39, 0.29) is 0 Å². The molecule has 0 saturated carbocycles. The molecular formula is C16H19N3. The van der Waals surface area contributed by atoms with Crippen molar-refractivity contribution in [3.63, 3.8) is 0 Å². The lowest BCUT2D eigenvalue weighted by atomic mass is 9.95. The summed E-state index contributed by atoms with van der Waals surface area (Å²) in [5.41, 5.74) is 10.9. The Bertz CT molecular complexity index is 580. The molecule has 1 unspecified atom stereocenters. The first kappa shape index (κ1) is 12.2. The summed E-state index contributed by atoms with van der Waals surface area (Å²) in [7, 11) is 0. The van der Waals surface area contributed by atoms with Gasteiger partial charge in [-0.2, -0.15) is 0 Å². The molecule has 1 aromatic heterocycles. The van der Waals surface area contributed by atoms with Crippen LogP contribution in [0.5, 0.6) is 0 Å². The molecule has 3 rings (SSSR count). The molecule has 2 aromatic rings. The molecule has 0 bridgehead atoms. The molecule has 1 aliphatic heterocycles. The van der Waals surface area contributed by atoms with Crippen LogP contribution in [0.25, 0.3) is 0 Å². The van der Waals surface area contributed by atoms with Crippen LogP contribution in [0.15, 0.2) is 42.7 Å². The van der Waals surface area contributed by atoms with Crippen LogP contribution in [0.1, 0.15) is 24.5 Å². The fourth-order valence-electron chi connectivity index (χ4n) is 2.87. The van der Waals surface area contributed by atoms with Crippen LogP contribution in [0.4, 0.5) is 11.4 Å². The molecule has 98 valence electrons.